The number of hydrogen-bond donors (Lipinski definition) is 8. The molecule has 0 rings (SSSR count). The zero-order valence-electron chi connectivity index (χ0n) is 10.3. The smallest absolute Gasteiger partial charge is 0.122 e. The van der Waals surface area contributed by atoms with Crippen molar-refractivity contribution in [3.05, 3.63) is 0 Å². The van der Waals surface area contributed by atoms with E-state index in [0.29, 0.717) is 5.31 Å². The highest BCUT2D eigenvalue weighted by molar-refractivity contribution is 4.81. The molecule has 0 aliphatic heterocycles. The number of aliphatic hydroxyl groups is 7. The van der Waals surface area contributed by atoms with E-state index in [1.54, 1.807) is 0 Å². The number of rotatable bonds is 9. The Hall–Kier alpha value is -0.320. The van der Waals surface area contributed by atoms with Gasteiger partial charge in [-0.2, -0.15) is 0 Å². The molecule has 0 aromatic heterocycles. The Balaban J connectivity index is 4.18. The molecule has 0 bridgehead atoms. The van der Waals surface area contributed by atoms with Crippen LogP contribution in [0.4, 0.5) is 0 Å². The number of hydrogen-bond acceptors (Lipinski definition) is 8. The topological polar surface area (TPSA) is 154 Å². The minimum Gasteiger partial charge on any atom is -0.394 e. The van der Waals surface area contributed by atoms with Crippen LogP contribution in [0.2, 0.25) is 1.41 Å². The Bertz CT molecular complexity index is 223. The second-order valence-electron chi connectivity index (χ2n) is 3.72. The second-order valence-corrected chi connectivity index (χ2v) is 3.72. The molecule has 104 valence electrons. The number of nitrogens with one attached hydrogen (secondary N) is 1. The molecule has 0 saturated heterocycles. The van der Waals surface area contributed by atoms with Gasteiger partial charge < -0.3 is 41.1 Å². The Morgan fingerprint density at radius 2 is 1.35 bits per heavy atom. The molecule has 0 heterocycles. The minimum absolute atomic E-state index is 0.251. The van der Waals surface area contributed by atoms with Crippen LogP contribution in [-0.2, 0) is 0 Å². The highest BCUT2D eigenvalue weighted by Crippen LogP contribution is 2.04. The van der Waals surface area contributed by atoms with Crippen LogP contribution in [0.1, 0.15) is 0 Å². The van der Waals surface area contributed by atoms with Crippen molar-refractivity contribution in [3.8, 4) is 0 Å². The molecule has 0 saturated carbocycles. The van der Waals surface area contributed by atoms with Crippen molar-refractivity contribution in [1.29, 1.82) is 0 Å². The Morgan fingerprint density at radius 3 is 1.82 bits per heavy atom. The van der Waals surface area contributed by atoms with Crippen LogP contribution in [0.15, 0.2) is 0 Å². The van der Waals surface area contributed by atoms with Crippen molar-refractivity contribution in [3.63, 3.8) is 0 Å². The monoisotopic (exact) mass is 256 g/mol. The summed E-state index contributed by atoms with van der Waals surface area (Å²) in [6.07, 6.45) is -7.80. The normalized spacial score (nSPS) is 21.8. The first kappa shape index (κ1) is 14.7. The van der Waals surface area contributed by atoms with Crippen LogP contribution in [-0.4, -0.2) is 92.6 Å². The number of aliphatic hydroxyl groups excluding tert-OH is 7. The SMILES string of the molecule is [2H]N(CC(O)CO)C[C@H](O)[C@@H](O)[C@H](O)[C@H](O)CO. The molecule has 0 amide bonds. The van der Waals surface area contributed by atoms with Gasteiger partial charge >= 0.3 is 0 Å². The summed E-state index contributed by atoms with van der Waals surface area (Å²) in [7, 11) is 0. The van der Waals surface area contributed by atoms with Crippen molar-refractivity contribution < 1.29 is 37.2 Å². The third kappa shape index (κ3) is 6.24. The molecule has 17 heavy (non-hydrogen) atoms. The van der Waals surface area contributed by atoms with Crippen molar-refractivity contribution in [2.24, 2.45) is 0 Å². The van der Waals surface area contributed by atoms with Gasteiger partial charge in [-0.15, -0.1) is 0 Å². The Morgan fingerprint density at radius 1 is 0.824 bits per heavy atom. The summed E-state index contributed by atoms with van der Waals surface area (Å²) in [5, 5.41) is 64.1. The molecular formula is C9H21NO7. The molecular weight excluding hydrogens is 234 g/mol. The highest BCUT2D eigenvalue weighted by atomic mass is 16.4. The van der Waals surface area contributed by atoms with E-state index in [4.69, 9.17) is 21.8 Å². The molecule has 8 heteroatoms. The van der Waals surface area contributed by atoms with Gasteiger partial charge in [0.05, 0.1) is 25.4 Å². The molecule has 0 aliphatic rings. The lowest BCUT2D eigenvalue weighted by atomic mass is 10.0. The zero-order valence-corrected chi connectivity index (χ0v) is 9.29. The molecule has 0 fully saturated rings. The van der Waals surface area contributed by atoms with Crippen LogP contribution in [0.3, 0.4) is 0 Å². The van der Waals surface area contributed by atoms with Gasteiger partial charge in [-0.25, -0.2) is 0 Å². The van der Waals surface area contributed by atoms with Gasteiger partial charge in [0.2, 0.25) is 0 Å². The van der Waals surface area contributed by atoms with Crippen LogP contribution < -0.4 is 5.31 Å². The maximum atomic E-state index is 9.48. The minimum atomic E-state index is -1.75. The molecule has 1 unspecified atom stereocenters. The molecule has 8 N–H and O–H groups in total. The lowest BCUT2D eigenvalue weighted by molar-refractivity contribution is -0.114. The lowest BCUT2D eigenvalue weighted by Gasteiger charge is -2.26. The second kappa shape index (κ2) is 8.72. The molecule has 0 aliphatic carbocycles. The molecule has 0 spiro atoms. The molecule has 8 nitrogen and oxygen atoms in total. The van der Waals surface area contributed by atoms with Gasteiger partial charge in [-0.05, 0) is 0 Å². The maximum Gasteiger partial charge on any atom is 0.122 e. The summed E-state index contributed by atoms with van der Waals surface area (Å²) in [6, 6.07) is 0. The van der Waals surface area contributed by atoms with E-state index in [1.165, 1.54) is 0 Å². The summed E-state index contributed by atoms with van der Waals surface area (Å²) in [5.41, 5.74) is 0. The van der Waals surface area contributed by atoms with E-state index in [9.17, 15) is 15.3 Å². The van der Waals surface area contributed by atoms with E-state index in [-0.39, 0.29) is 6.54 Å². The van der Waals surface area contributed by atoms with Crippen molar-refractivity contribution in [1.82, 2.24) is 5.31 Å². The average Bonchev–Trinajstić information content (AvgIpc) is 2.35. The van der Waals surface area contributed by atoms with E-state index >= 15 is 0 Å². The third-order valence-corrected chi connectivity index (χ3v) is 2.19. The molecule has 0 aromatic carbocycles. The maximum absolute atomic E-state index is 9.48. The van der Waals surface area contributed by atoms with Gasteiger partial charge in [-0.1, -0.05) is 0 Å². The summed E-state index contributed by atoms with van der Waals surface area (Å²) in [6.45, 7) is -1.98. The van der Waals surface area contributed by atoms with Gasteiger partial charge in [0.1, 0.15) is 19.7 Å². The van der Waals surface area contributed by atoms with Crippen molar-refractivity contribution in [2.45, 2.75) is 30.5 Å². The van der Waals surface area contributed by atoms with Gasteiger partial charge in [0, 0.05) is 13.1 Å². The Labute approximate surface area is 100 Å². The van der Waals surface area contributed by atoms with Gasteiger partial charge in [-0.3, -0.25) is 0 Å². The van der Waals surface area contributed by atoms with Crippen LogP contribution in [0.25, 0.3) is 0 Å². The fourth-order valence-electron chi connectivity index (χ4n) is 1.08. The molecule has 0 aromatic rings. The lowest BCUT2D eigenvalue weighted by Crippen LogP contribution is -2.49. The zero-order chi connectivity index (χ0) is 14.3. The fourth-order valence-corrected chi connectivity index (χ4v) is 1.08. The predicted octanol–water partition coefficient (Wildman–Crippen LogP) is -4.63. The van der Waals surface area contributed by atoms with E-state index < -0.39 is 50.3 Å². The third-order valence-electron chi connectivity index (χ3n) is 2.19. The predicted molar refractivity (Wildman–Crippen MR) is 57.1 cm³/mol. The summed E-state index contributed by atoms with van der Waals surface area (Å²) >= 11 is 0. The first-order valence-corrected chi connectivity index (χ1v) is 5.19. The summed E-state index contributed by atoms with van der Waals surface area (Å²) in [5.74, 6) is 0. The first-order chi connectivity index (χ1) is 8.33. The largest absolute Gasteiger partial charge is 0.394 e. The molecule has 5 atom stereocenters. The van der Waals surface area contributed by atoms with Gasteiger partial charge in [0.15, 0.2) is 0 Å². The quantitative estimate of drug-likeness (QED) is 0.205. The van der Waals surface area contributed by atoms with E-state index in [2.05, 4.69) is 0 Å². The average molecular weight is 256 g/mol. The van der Waals surface area contributed by atoms with E-state index in [1.807, 2.05) is 0 Å². The first-order valence-electron chi connectivity index (χ1n) is 5.64. The summed E-state index contributed by atoms with van der Waals surface area (Å²) < 4.78 is 7.32. The van der Waals surface area contributed by atoms with E-state index in [0.717, 1.165) is 0 Å². The van der Waals surface area contributed by atoms with Crippen molar-refractivity contribution >= 4 is 0 Å². The van der Waals surface area contributed by atoms with Crippen LogP contribution in [0.5, 0.6) is 0 Å². The standard InChI is InChI=1S/C9H21NO7/c11-3-5(13)1-10-2-6(14)8(16)9(17)7(15)4-12/h5-17H,1-4H2/t5?,6-,7+,8+,9+/m0/s1/i/hD. The molecule has 0 radical (unpaired) electrons. The van der Waals surface area contributed by atoms with Crippen LogP contribution in [0, 0.1) is 0 Å². The Kier molecular flexibility index (Phi) is 7.56. The van der Waals surface area contributed by atoms with Gasteiger partial charge in [0.25, 0.3) is 0 Å². The fraction of sp³-hybridized carbons (Fsp3) is 1.00. The summed E-state index contributed by atoms with van der Waals surface area (Å²) in [4.78, 5) is 0. The van der Waals surface area contributed by atoms with Crippen LogP contribution >= 0.6 is 0 Å². The highest BCUT2D eigenvalue weighted by Gasteiger charge is 2.29. The van der Waals surface area contributed by atoms with Crippen molar-refractivity contribution in [2.75, 3.05) is 26.3 Å².